The molecule has 5 aliphatic rings. The number of nitrogens with zero attached hydrogens (tertiary/aromatic N) is 1. The predicted molar refractivity (Wildman–Crippen MR) is 180 cm³/mol. The number of aliphatic hydroxyl groups is 1. The topological polar surface area (TPSA) is 107 Å². The lowest BCUT2D eigenvalue weighted by Crippen LogP contribution is -2.77. The lowest BCUT2D eigenvalue weighted by molar-refractivity contribution is -0.211. The molecule has 2 N–H and O–H groups in total. The average Bonchev–Trinajstić information content (AvgIpc) is 3.80. The first-order valence-electron chi connectivity index (χ1n) is 16.7. The van der Waals surface area contributed by atoms with E-state index in [-0.39, 0.29) is 12.5 Å². The van der Waals surface area contributed by atoms with Crippen molar-refractivity contribution in [1.82, 2.24) is 4.90 Å². The molecule has 3 aromatic rings. The summed E-state index contributed by atoms with van der Waals surface area (Å²) in [5, 5.41) is 16.7. The van der Waals surface area contributed by atoms with E-state index in [1.807, 2.05) is 13.0 Å². The van der Waals surface area contributed by atoms with E-state index >= 15 is 0 Å². The number of hydrogen-bond donors (Lipinski definition) is 2. The molecule has 9 nitrogen and oxygen atoms in total. The van der Waals surface area contributed by atoms with E-state index in [1.54, 1.807) is 36.4 Å². The van der Waals surface area contributed by atoms with Gasteiger partial charge < -0.3 is 29.4 Å². The van der Waals surface area contributed by atoms with Gasteiger partial charge in [0.2, 0.25) is 6.79 Å². The first-order chi connectivity index (χ1) is 23.2. The van der Waals surface area contributed by atoms with Gasteiger partial charge in [0.1, 0.15) is 18.0 Å². The Morgan fingerprint density at radius 1 is 1.02 bits per heavy atom. The van der Waals surface area contributed by atoms with Crippen molar-refractivity contribution in [2.24, 2.45) is 5.92 Å². The van der Waals surface area contributed by atoms with Crippen LogP contribution in [0.25, 0.3) is 0 Å². The van der Waals surface area contributed by atoms with Crippen LogP contribution in [0.4, 0.5) is 16.2 Å². The molecule has 1 unspecified atom stereocenters. The van der Waals surface area contributed by atoms with Gasteiger partial charge in [0, 0.05) is 23.8 Å². The van der Waals surface area contributed by atoms with E-state index in [9.17, 15) is 14.7 Å². The highest BCUT2D eigenvalue weighted by atomic mass is 35.5. The second-order valence-electron chi connectivity index (χ2n) is 13.9. The lowest BCUT2D eigenvalue weighted by atomic mass is 9.48. The molecule has 0 aromatic heterocycles. The molecule has 0 radical (unpaired) electrons. The smallest absolute Gasteiger partial charge is 0.485 e. The van der Waals surface area contributed by atoms with Crippen molar-refractivity contribution in [1.29, 1.82) is 0 Å². The Morgan fingerprint density at radius 3 is 2.60 bits per heavy atom. The van der Waals surface area contributed by atoms with Gasteiger partial charge in [-0.3, -0.25) is 9.69 Å². The van der Waals surface area contributed by atoms with Crippen molar-refractivity contribution in [2.45, 2.75) is 81.1 Å². The third kappa shape index (κ3) is 5.21. The van der Waals surface area contributed by atoms with Gasteiger partial charge in [0.25, 0.3) is 0 Å². The largest absolute Gasteiger partial charge is 0.511 e. The number of halogens is 2. The summed E-state index contributed by atoms with van der Waals surface area (Å²) >= 11 is 12.6. The summed E-state index contributed by atoms with van der Waals surface area (Å²) in [6.45, 7) is 3.31. The molecule has 3 fully saturated rings. The lowest BCUT2D eigenvalue weighted by Gasteiger charge is -2.63. The van der Waals surface area contributed by atoms with Gasteiger partial charge >= 0.3 is 12.1 Å². The van der Waals surface area contributed by atoms with E-state index in [2.05, 4.69) is 22.3 Å². The summed E-state index contributed by atoms with van der Waals surface area (Å²) in [7, 11) is 0. The number of piperidine rings is 1. The number of carbonyl (C=O) groups excluding carboxylic acids is 2. The van der Waals surface area contributed by atoms with Crippen LogP contribution in [0, 0.1) is 12.8 Å². The zero-order valence-electron chi connectivity index (χ0n) is 26.7. The Morgan fingerprint density at radius 2 is 1.81 bits per heavy atom. The van der Waals surface area contributed by atoms with Gasteiger partial charge in [-0.25, -0.2) is 4.79 Å². The molecule has 2 heterocycles. The second-order valence-corrected chi connectivity index (χ2v) is 14.7. The van der Waals surface area contributed by atoms with Crippen LogP contribution < -0.4 is 10.1 Å². The molecule has 2 bridgehead atoms. The summed E-state index contributed by atoms with van der Waals surface area (Å²) in [5.74, 6) is 0.942. The van der Waals surface area contributed by atoms with Gasteiger partial charge in [-0.05, 0) is 92.8 Å². The van der Waals surface area contributed by atoms with Crippen LogP contribution in [0.1, 0.15) is 54.4 Å². The Bertz CT molecular complexity index is 1760. The maximum Gasteiger partial charge on any atom is 0.511 e. The zero-order valence-corrected chi connectivity index (χ0v) is 28.2. The van der Waals surface area contributed by atoms with Crippen LogP contribution in [0.5, 0.6) is 5.75 Å². The SMILES string of the molecule is Cc1ccc2c3c1OC1[C@H](OC(=O)OCOC(=O)Cc4ccccc4Nc4c(Cl)cccc4Cl)CC[C@@]4(O)[C@@H](C2)N(CC2CC2)CC[C@]314. The zero-order chi connectivity index (χ0) is 33.2. The molecule has 11 heteroatoms. The highest BCUT2D eigenvalue weighted by molar-refractivity contribution is 6.39. The third-order valence-corrected chi connectivity index (χ3v) is 11.8. The molecule has 0 amide bonds. The number of para-hydroxylation sites is 2. The molecular weight excluding hydrogens is 655 g/mol. The molecule has 2 aliphatic heterocycles. The van der Waals surface area contributed by atoms with Crippen LogP contribution in [0.3, 0.4) is 0 Å². The Kier molecular flexibility index (Phi) is 8.02. The number of likely N-dealkylation sites (tertiary alicyclic amines) is 1. The van der Waals surface area contributed by atoms with Crippen LogP contribution in [0.2, 0.25) is 10.0 Å². The quantitative estimate of drug-likeness (QED) is 0.183. The van der Waals surface area contributed by atoms with Gasteiger partial charge in [-0.2, -0.15) is 0 Å². The number of hydrogen-bond acceptors (Lipinski definition) is 9. The summed E-state index contributed by atoms with van der Waals surface area (Å²) in [6.07, 6.45) is 2.77. The number of aryl methyl sites for hydroxylation is 1. The van der Waals surface area contributed by atoms with Crippen LogP contribution in [-0.2, 0) is 37.3 Å². The maximum atomic E-state index is 13.0. The van der Waals surface area contributed by atoms with Crippen molar-refractivity contribution in [3.63, 3.8) is 0 Å². The van der Waals surface area contributed by atoms with Crippen LogP contribution in [-0.4, -0.2) is 65.9 Å². The molecule has 48 heavy (non-hydrogen) atoms. The van der Waals surface area contributed by atoms with E-state index in [0.29, 0.717) is 39.8 Å². The van der Waals surface area contributed by atoms with Crippen molar-refractivity contribution in [2.75, 3.05) is 25.2 Å². The van der Waals surface area contributed by atoms with Crippen molar-refractivity contribution in [3.8, 4) is 5.75 Å². The Labute approximate surface area is 289 Å². The van der Waals surface area contributed by atoms with E-state index < -0.39 is 42.1 Å². The van der Waals surface area contributed by atoms with E-state index in [0.717, 1.165) is 48.7 Å². The number of ether oxygens (including phenoxy) is 4. The maximum absolute atomic E-state index is 13.0. The Hall–Kier alpha value is -3.50. The van der Waals surface area contributed by atoms with Gasteiger partial charge in [-0.1, -0.05) is 59.6 Å². The number of esters is 1. The summed E-state index contributed by atoms with van der Waals surface area (Å²) in [5.41, 5.74) is 3.49. The standard InChI is InChI=1S/C37H38Cl2N2O7/c1-21-9-12-24-17-29-37(44)14-13-28(34-36(37,31(24)33(21)48-34)15-16-41(29)19-22-10-11-22)47-35(43)46-20-45-30(42)18-23-5-2-3-8-27(23)40-32-25(38)6-4-7-26(32)39/h2-9,12,22,28-29,34,40,44H,10-11,13-20H2,1H3/t28-,29-,34?,36+,37-/m1/s1. The van der Waals surface area contributed by atoms with Gasteiger partial charge in [0.05, 0.1) is 33.2 Å². The minimum absolute atomic E-state index is 0.00610. The molecular formula is C37H38Cl2N2O7. The molecule has 3 aliphatic carbocycles. The van der Waals surface area contributed by atoms with E-state index in [1.165, 1.54) is 18.4 Å². The fraction of sp³-hybridized carbons (Fsp3) is 0.459. The molecule has 252 valence electrons. The fourth-order valence-corrected chi connectivity index (χ4v) is 9.25. The summed E-state index contributed by atoms with van der Waals surface area (Å²) in [4.78, 5) is 28.3. The highest BCUT2D eigenvalue weighted by Crippen LogP contribution is 2.65. The molecule has 1 spiro atoms. The van der Waals surface area contributed by atoms with Crippen molar-refractivity contribution < 1.29 is 33.6 Å². The highest BCUT2D eigenvalue weighted by Gasteiger charge is 2.73. The Balaban J connectivity index is 0.921. The van der Waals surface area contributed by atoms with Crippen molar-refractivity contribution >= 4 is 46.7 Å². The van der Waals surface area contributed by atoms with Gasteiger partial charge in [-0.15, -0.1) is 0 Å². The normalized spacial score (nSPS) is 28.2. The molecule has 5 atom stereocenters. The number of nitrogens with one attached hydrogen (secondary N) is 1. The van der Waals surface area contributed by atoms with Crippen LogP contribution in [0.15, 0.2) is 54.6 Å². The molecule has 8 rings (SSSR count). The molecule has 3 aromatic carbocycles. The number of anilines is 2. The third-order valence-electron chi connectivity index (χ3n) is 11.1. The summed E-state index contributed by atoms with van der Waals surface area (Å²) < 4.78 is 23.1. The minimum atomic E-state index is -0.988. The minimum Gasteiger partial charge on any atom is -0.485 e. The van der Waals surface area contributed by atoms with E-state index in [4.69, 9.17) is 42.1 Å². The second kappa shape index (κ2) is 12.1. The molecule has 2 saturated carbocycles. The first-order valence-corrected chi connectivity index (χ1v) is 17.5. The fourth-order valence-electron chi connectivity index (χ4n) is 8.76. The van der Waals surface area contributed by atoms with Crippen molar-refractivity contribution in [3.05, 3.63) is 86.9 Å². The number of rotatable bonds is 9. The monoisotopic (exact) mass is 692 g/mol. The average molecular weight is 694 g/mol. The van der Waals surface area contributed by atoms with Gasteiger partial charge in [0.15, 0.2) is 0 Å². The van der Waals surface area contributed by atoms with Crippen LogP contribution >= 0.6 is 23.2 Å². The first kappa shape index (κ1) is 31.7. The predicted octanol–water partition coefficient (Wildman–Crippen LogP) is 6.87. The number of benzene rings is 3. The molecule has 1 saturated heterocycles. The number of carbonyl (C=O) groups is 2. The summed E-state index contributed by atoms with van der Waals surface area (Å²) in [6, 6.07) is 16.7.